The summed E-state index contributed by atoms with van der Waals surface area (Å²) in [5.74, 6) is 0. The van der Waals surface area contributed by atoms with Gasteiger partial charge in [0.15, 0.2) is 0 Å². The molecule has 0 saturated carbocycles. The molecule has 0 saturated heterocycles. The van der Waals surface area contributed by atoms with E-state index in [1.807, 2.05) is 0 Å². The van der Waals surface area contributed by atoms with Crippen molar-refractivity contribution >= 4 is 46.1 Å². The van der Waals surface area contributed by atoms with Crippen molar-refractivity contribution in [3.8, 4) is 0 Å². The third-order valence-electron chi connectivity index (χ3n) is 0. The van der Waals surface area contributed by atoms with Crippen LogP contribution in [0.2, 0.25) is 0 Å². The number of hydrogen-bond acceptors (Lipinski definition) is 2. The van der Waals surface area contributed by atoms with Crippen LogP contribution in [0, 0.1) is 0 Å². The molecule has 0 amide bonds. The summed E-state index contributed by atoms with van der Waals surface area (Å²) < 4.78 is 0. The number of hydrogen-bond donors (Lipinski definition) is 0. The normalized spacial score (nSPS) is 4.50. The van der Waals surface area contributed by atoms with Gasteiger partial charge in [0.2, 0.25) is 0 Å². The Kier molecular flexibility index (Phi) is 112. The molecule has 0 rings (SSSR count). The first-order chi connectivity index (χ1) is 2.83. The van der Waals surface area contributed by atoms with Crippen LogP contribution in [0.3, 0.4) is 0 Å². The molecule has 4 heteroatoms. The zero-order valence-corrected chi connectivity index (χ0v) is 8.47. The first kappa shape index (κ1) is 22.7. The molecule has 0 N–H and O–H groups in total. The van der Waals surface area contributed by atoms with Gasteiger partial charge >= 0.3 is 46.1 Å². The molecule has 0 aliphatic rings. The molecular formula is C4H12Mg2O2. The van der Waals surface area contributed by atoms with E-state index in [-0.39, 0.29) is 62.2 Å². The average molecular weight is 141 g/mol. The third-order valence-corrected chi connectivity index (χ3v) is 0. The fourth-order valence-electron chi connectivity index (χ4n) is 0. The van der Waals surface area contributed by atoms with Crippen LogP contribution in [0.5, 0.6) is 0 Å². The van der Waals surface area contributed by atoms with Gasteiger partial charge in [0, 0.05) is 0 Å². The molecule has 0 heterocycles. The van der Waals surface area contributed by atoms with Gasteiger partial charge in [0.1, 0.15) is 0 Å². The van der Waals surface area contributed by atoms with E-state index in [1.54, 1.807) is 13.8 Å². The van der Waals surface area contributed by atoms with Crippen molar-refractivity contribution in [3.63, 3.8) is 0 Å². The fraction of sp³-hybridized carbons (Fsp3) is 1.00. The van der Waals surface area contributed by atoms with E-state index in [9.17, 15) is 0 Å². The van der Waals surface area contributed by atoms with Crippen LogP contribution in [0.4, 0.5) is 0 Å². The van der Waals surface area contributed by atoms with Crippen molar-refractivity contribution in [1.82, 2.24) is 0 Å². The molecule has 0 aliphatic carbocycles. The zero-order valence-electron chi connectivity index (χ0n) is 7.64. The summed E-state index contributed by atoms with van der Waals surface area (Å²) in [5, 5.41) is 17.9. The van der Waals surface area contributed by atoms with Gasteiger partial charge < -0.3 is 13.1 Å². The van der Waals surface area contributed by atoms with Crippen LogP contribution in [0.1, 0.15) is 16.7 Å². The number of rotatable bonds is 0. The summed E-state index contributed by atoms with van der Waals surface area (Å²) in [4.78, 5) is 0. The van der Waals surface area contributed by atoms with Gasteiger partial charge in [-0.1, -0.05) is 13.8 Å². The van der Waals surface area contributed by atoms with Crippen LogP contribution < -0.4 is 10.2 Å². The van der Waals surface area contributed by atoms with Crippen LogP contribution in [-0.4, -0.2) is 59.3 Å². The SMILES string of the molecule is CC[O-].CC[O-].[H-].[H-].[Mg+2].[Mg+2]. The summed E-state index contributed by atoms with van der Waals surface area (Å²) in [6.45, 7) is 3.14. The Labute approximate surface area is 85.9 Å². The van der Waals surface area contributed by atoms with Crippen molar-refractivity contribution in [2.45, 2.75) is 13.8 Å². The molecular weight excluding hydrogens is 129 g/mol. The van der Waals surface area contributed by atoms with Gasteiger partial charge in [-0.3, -0.25) is 0 Å². The predicted molar refractivity (Wildman–Crippen MR) is 34.8 cm³/mol. The Bertz CT molecular complexity index is 21.2. The van der Waals surface area contributed by atoms with Crippen LogP contribution in [-0.2, 0) is 0 Å². The third kappa shape index (κ3) is 147. The van der Waals surface area contributed by atoms with E-state index in [4.69, 9.17) is 10.2 Å². The second kappa shape index (κ2) is 39.4. The van der Waals surface area contributed by atoms with E-state index in [0.29, 0.717) is 0 Å². The Morgan fingerprint density at radius 2 is 1.00 bits per heavy atom. The summed E-state index contributed by atoms with van der Waals surface area (Å²) in [6, 6.07) is 0. The maximum Gasteiger partial charge on any atom is 2.00 e. The molecule has 0 aromatic carbocycles. The molecule has 0 spiro atoms. The molecule has 0 radical (unpaired) electrons. The van der Waals surface area contributed by atoms with Crippen molar-refractivity contribution in [1.29, 1.82) is 0 Å². The van der Waals surface area contributed by atoms with E-state index in [1.165, 1.54) is 0 Å². The van der Waals surface area contributed by atoms with E-state index in [2.05, 4.69) is 0 Å². The van der Waals surface area contributed by atoms with Gasteiger partial charge in [-0.05, 0) is 0 Å². The van der Waals surface area contributed by atoms with Gasteiger partial charge in [-0.25, -0.2) is 0 Å². The largest absolute Gasteiger partial charge is 2.00 e. The maximum absolute atomic E-state index is 8.93. The van der Waals surface area contributed by atoms with Crippen molar-refractivity contribution in [3.05, 3.63) is 0 Å². The molecule has 0 aromatic rings. The van der Waals surface area contributed by atoms with Crippen LogP contribution in [0.15, 0.2) is 0 Å². The Balaban J connectivity index is -0.00000000571. The fourth-order valence-corrected chi connectivity index (χ4v) is 0. The van der Waals surface area contributed by atoms with Crippen LogP contribution >= 0.6 is 0 Å². The maximum atomic E-state index is 8.93. The first-order valence-corrected chi connectivity index (χ1v) is 1.99. The smallest absolute Gasteiger partial charge is 1.00 e. The van der Waals surface area contributed by atoms with Gasteiger partial charge in [-0.2, -0.15) is 0 Å². The topological polar surface area (TPSA) is 46.1 Å². The molecule has 0 bridgehead atoms. The van der Waals surface area contributed by atoms with Gasteiger partial charge in [0.25, 0.3) is 0 Å². The molecule has 0 aliphatic heterocycles. The van der Waals surface area contributed by atoms with Crippen LogP contribution in [0.25, 0.3) is 0 Å². The minimum atomic E-state index is 0. The first-order valence-electron chi connectivity index (χ1n) is 1.99. The summed E-state index contributed by atoms with van der Waals surface area (Å²) >= 11 is 0. The van der Waals surface area contributed by atoms with Crippen molar-refractivity contribution in [2.75, 3.05) is 13.2 Å². The van der Waals surface area contributed by atoms with E-state index >= 15 is 0 Å². The average Bonchev–Trinajstić information content (AvgIpc) is 1.39. The summed E-state index contributed by atoms with van der Waals surface area (Å²) in [6.07, 6.45) is 0. The Morgan fingerprint density at radius 3 is 1.00 bits per heavy atom. The Morgan fingerprint density at radius 1 is 1.00 bits per heavy atom. The molecule has 0 unspecified atom stereocenters. The standard InChI is InChI=1S/2C2H5O.2Mg.2H/c2*1-2-3;;;;/h2*2H2,1H3;;;;/q2*-1;2*+2;2*-1. The second-order valence-electron chi connectivity index (χ2n) is 0.577. The van der Waals surface area contributed by atoms with E-state index < -0.39 is 0 Å². The van der Waals surface area contributed by atoms with Crippen molar-refractivity contribution < 1.29 is 13.1 Å². The summed E-state index contributed by atoms with van der Waals surface area (Å²) in [7, 11) is 0. The predicted octanol–water partition coefficient (Wildman–Crippen LogP) is -1.80. The minimum Gasteiger partial charge on any atom is -1.00 e. The zero-order chi connectivity index (χ0) is 5.41. The quantitative estimate of drug-likeness (QED) is 0.373. The molecule has 2 nitrogen and oxygen atoms in total. The molecule has 0 atom stereocenters. The molecule has 8 heavy (non-hydrogen) atoms. The van der Waals surface area contributed by atoms with Gasteiger partial charge in [0.05, 0.1) is 0 Å². The second-order valence-corrected chi connectivity index (χ2v) is 0.577. The monoisotopic (exact) mass is 140 g/mol. The minimum absolute atomic E-state index is 0. The molecule has 0 fully saturated rings. The Hall–Kier alpha value is 1.45. The van der Waals surface area contributed by atoms with E-state index in [0.717, 1.165) is 0 Å². The summed E-state index contributed by atoms with van der Waals surface area (Å²) in [5.41, 5.74) is 0. The molecule has 0 aromatic heterocycles. The molecule has 44 valence electrons. The van der Waals surface area contributed by atoms with Crippen molar-refractivity contribution in [2.24, 2.45) is 0 Å². The van der Waals surface area contributed by atoms with Gasteiger partial charge in [-0.15, -0.1) is 13.2 Å².